The molecule has 1 atom stereocenters. The fraction of sp³-hybridized carbons (Fsp3) is 0.667. The van der Waals surface area contributed by atoms with Crippen molar-refractivity contribution in [1.29, 1.82) is 0 Å². The molecule has 0 spiro atoms. The van der Waals surface area contributed by atoms with Crippen molar-refractivity contribution in [2.75, 3.05) is 7.11 Å². The standard InChI is InChI=1S/C15H26N2O/c1-7-13(10(2)3)17-9-14-12(5)15(18-6)11(4)8-16-14/h8,10,13,17H,7,9H2,1-6H3. The summed E-state index contributed by atoms with van der Waals surface area (Å²) in [6.07, 6.45) is 3.03. The molecule has 1 heterocycles. The third-order valence-electron chi connectivity index (χ3n) is 3.53. The van der Waals surface area contributed by atoms with Crippen LogP contribution in [0.1, 0.15) is 44.0 Å². The molecule has 102 valence electrons. The van der Waals surface area contributed by atoms with E-state index in [1.165, 1.54) is 0 Å². The van der Waals surface area contributed by atoms with E-state index in [9.17, 15) is 0 Å². The summed E-state index contributed by atoms with van der Waals surface area (Å²) < 4.78 is 5.43. The van der Waals surface area contributed by atoms with Gasteiger partial charge < -0.3 is 10.1 Å². The summed E-state index contributed by atoms with van der Waals surface area (Å²) in [6.45, 7) is 11.6. The molecule has 0 saturated carbocycles. The first-order valence-corrected chi connectivity index (χ1v) is 6.73. The Kier molecular flexibility index (Phi) is 5.60. The highest BCUT2D eigenvalue weighted by atomic mass is 16.5. The number of rotatable bonds is 6. The third kappa shape index (κ3) is 3.45. The molecule has 1 aromatic heterocycles. The molecule has 0 bridgehead atoms. The van der Waals surface area contributed by atoms with Crippen LogP contribution >= 0.6 is 0 Å². The van der Waals surface area contributed by atoms with Crippen LogP contribution in [0.5, 0.6) is 5.75 Å². The first-order valence-electron chi connectivity index (χ1n) is 6.73. The Balaban J connectivity index is 2.79. The molecule has 0 aliphatic heterocycles. The lowest BCUT2D eigenvalue weighted by Crippen LogP contribution is -2.33. The van der Waals surface area contributed by atoms with E-state index in [1.807, 2.05) is 13.1 Å². The highest BCUT2D eigenvalue weighted by Gasteiger charge is 2.13. The molecule has 18 heavy (non-hydrogen) atoms. The Morgan fingerprint density at radius 3 is 2.50 bits per heavy atom. The number of nitrogens with one attached hydrogen (secondary N) is 1. The van der Waals surface area contributed by atoms with Gasteiger partial charge in [-0.15, -0.1) is 0 Å². The van der Waals surface area contributed by atoms with Gasteiger partial charge in [-0.05, 0) is 26.2 Å². The van der Waals surface area contributed by atoms with Gasteiger partial charge in [0, 0.05) is 29.9 Å². The van der Waals surface area contributed by atoms with Gasteiger partial charge in [-0.2, -0.15) is 0 Å². The van der Waals surface area contributed by atoms with Crippen LogP contribution < -0.4 is 10.1 Å². The van der Waals surface area contributed by atoms with Gasteiger partial charge in [0.15, 0.2) is 0 Å². The topological polar surface area (TPSA) is 34.2 Å². The zero-order valence-corrected chi connectivity index (χ0v) is 12.5. The van der Waals surface area contributed by atoms with Gasteiger partial charge in [0.1, 0.15) is 5.75 Å². The van der Waals surface area contributed by atoms with E-state index in [2.05, 4.69) is 38.0 Å². The fourth-order valence-electron chi connectivity index (χ4n) is 2.33. The van der Waals surface area contributed by atoms with Gasteiger partial charge in [0.25, 0.3) is 0 Å². The summed E-state index contributed by atoms with van der Waals surface area (Å²) in [5.74, 6) is 1.60. The number of nitrogens with zero attached hydrogens (tertiary/aromatic N) is 1. The quantitative estimate of drug-likeness (QED) is 0.841. The van der Waals surface area contributed by atoms with E-state index in [0.29, 0.717) is 12.0 Å². The largest absolute Gasteiger partial charge is 0.496 e. The highest BCUT2D eigenvalue weighted by Crippen LogP contribution is 2.24. The average molecular weight is 250 g/mol. The molecular formula is C15H26N2O. The number of pyridine rings is 1. The lowest BCUT2D eigenvalue weighted by Gasteiger charge is -2.21. The molecule has 1 aromatic rings. The van der Waals surface area contributed by atoms with Crippen molar-refractivity contribution >= 4 is 0 Å². The Bertz CT molecular complexity index is 388. The van der Waals surface area contributed by atoms with Gasteiger partial charge in [0.2, 0.25) is 0 Å². The third-order valence-corrected chi connectivity index (χ3v) is 3.53. The van der Waals surface area contributed by atoms with E-state index < -0.39 is 0 Å². The lowest BCUT2D eigenvalue weighted by atomic mass is 10.0. The number of hydrogen-bond donors (Lipinski definition) is 1. The van der Waals surface area contributed by atoms with Crippen LogP contribution in [0.15, 0.2) is 6.20 Å². The van der Waals surface area contributed by atoms with E-state index in [-0.39, 0.29) is 0 Å². The van der Waals surface area contributed by atoms with E-state index in [0.717, 1.165) is 35.5 Å². The molecule has 0 aliphatic carbocycles. The Morgan fingerprint density at radius 2 is 2.00 bits per heavy atom. The van der Waals surface area contributed by atoms with Crippen LogP contribution in [-0.4, -0.2) is 18.1 Å². The Labute approximate surface area is 111 Å². The first kappa shape index (κ1) is 15.0. The molecule has 3 heteroatoms. The van der Waals surface area contributed by atoms with E-state index in [1.54, 1.807) is 7.11 Å². The van der Waals surface area contributed by atoms with Gasteiger partial charge >= 0.3 is 0 Å². The molecule has 0 fully saturated rings. The van der Waals surface area contributed by atoms with Crippen molar-refractivity contribution in [3.05, 3.63) is 23.0 Å². The summed E-state index contributed by atoms with van der Waals surface area (Å²) >= 11 is 0. The number of hydrogen-bond acceptors (Lipinski definition) is 3. The first-order chi connectivity index (χ1) is 8.51. The predicted molar refractivity (Wildman–Crippen MR) is 76.0 cm³/mol. The second kappa shape index (κ2) is 6.74. The van der Waals surface area contributed by atoms with Crippen molar-refractivity contribution in [2.24, 2.45) is 5.92 Å². The monoisotopic (exact) mass is 250 g/mol. The van der Waals surface area contributed by atoms with Crippen LogP contribution in [0.4, 0.5) is 0 Å². The normalized spacial score (nSPS) is 12.8. The number of aromatic nitrogens is 1. The summed E-state index contributed by atoms with van der Waals surface area (Å²) in [7, 11) is 1.72. The summed E-state index contributed by atoms with van der Waals surface area (Å²) in [6, 6.07) is 0.540. The SMILES string of the molecule is CCC(NCc1ncc(C)c(OC)c1C)C(C)C. The molecule has 0 radical (unpaired) electrons. The van der Waals surface area contributed by atoms with Gasteiger partial charge in [-0.1, -0.05) is 20.8 Å². The maximum Gasteiger partial charge on any atom is 0.128 e. The van der Waals surface area contributed by atoms with Gasteiger partial charge in [-0.25, -0.2) is 0 Å². The Hall–Kier alpha value is -1.09. The fourth-order valence-corrected chi connectivity index (χ4v) is 2.33. The van der Waals surface area contributed by atoms with Crippen LogP contribution in [-0.2, 0) is 6.54 Å². The zero-order chi connectivity index (χ0) is 13.7. The van der Waals surface area contributed by atoms with Gasteiger partial charge in [-0.3, -0.25) is 4.98 Å². The summed E-state index contributed by atoms with van der Waals surface area (Å²) in [5, 5.41) is 3.58. The zero-order valence-electron chi connectivity index (χ0n) is 12.5. The van der Waals surface area contributed by atoms with Crippen LogP contribution in [0, 0.1) is 19.8 Å². The Morgan fingerprint density at radius 1 is 1.33 bits per heavy atom. The molecule has 1 unspecified atom stereocenters. The maximum atomic E-state index is 5.43. The van der Waals surface area contributed by atoms with Crippen molar-refractivity contribution in [3.8, 4) is 5.75 Å². The highest BCUT2D eigenvalue weighted by molar-refractivity contribution is 5.40. The number of ether oxygens (including phenoxy) is 1. The lowest BCUT2D eigenvalue weighted by molar-refractivity contribution is 0.382. The van der Waals surface area contributed by atoms with E-state index >= 15 is 0 Å². The summed E-state index contributed by atoms with van der Waals surface area (Å²) in [4.78, 5) is 4.51. The minimum Gasteiger partial charge on any atom is -0.496 e. The second-order valence-corrected chi connectivity index (χ2v) is 5.19. The molecule has 0 aliphatic rings. The number of methoxy groups -OCH3 is 1. The number of aryl methyl sites for hydroxylation is 1. The summed E-state index contributed by atoms with van der Waals surface area (Å²) in [5.41, 5.74) is 3.31. The minimum atomic E-state index is 0.540. The van der Waals surface area contributed by atoms with Crippen molar-refractivity contribution in [2.45, 2.75) is 53.6 Å². The van der Waals surface area contributed by atoms with Gasteiger partial charge in [0.05, 0.1) is 12.8 Å². The molecule has 0 saturated heterocycles. The van der Waals surface area contributed by atoms with Crippen molar-refractivity contribution < 1.29 is 4.74 Å². The minimum absolute atomic E-state index is 0.540. The molecule has 1 rings (SSSR count). The average Bonchev–Trinajstić information content (AvgIpc) is 2.32. The molecule has 0 amide bonds. The molecule has 0 aromatic carbocycles. The molecular weight excluding hydrogens is 224 g/mol. The second-order valence-electron chi connectivity index (χ2n) is 5.19. The van der Waals surface area contributed by atoms with E-state index in [4.69, 9.17) is 4.74 Å². The van der Waals surface area contributed by atoms with Crippen molar-refractivity contribution in [1.82, 2.24) is 10.3 Å². The molecule has 3 nitrogen and oxygen atoms in total. The smallest absolute Gasteiger partial charge is 0.128 e. The van der Waals surface area contributed by atoms with Crippen LogP contribution in [0.2, 0.25) is 0 Å². The molecule has 1 N–H and O–H groups in total. The maximum absolute atomic E-state index is 5.43. The predicted octanol–water partition coefficient (Wildman–Crippen LogP) is 3.23. The van der Waals surface area contributed by atoms with Crippen molar-refractivity contribution in [3.63, 3.8) is 0 Å². The van der Waals surface area contributed by atoms with Crippen LogP contribution in [0.25, 0.3) is 0 Å². The van der Waals surface area contributed by atoms with Crippen LogP contribution in [0.3, 0.4) is 0 Å².